The lowest BCUT2D eigenvalue weighted by Crippen LogP contribution is -2.24. The van der Waals surface area contributed by atoms with E-state index in [0.717, 1.165) is 42.0 Å². The Balaban J connectivity index is 2.11. The van der Waals surface area contributed by atoms with Crippen LogP contribution in [0.15, 0.2) is 18.2 Å². The summed E-state index contributed by atoms with van der Waals surface area (Å²) in [6, 6.07) is 6.06. The molecule has 2 N–H and O–H groups in total. The molecule has 0 saturated heterocycles. The zero-order chi connectivity index (χ0) is 13.7. The maximum Gasteiger partial charge on any atom is 0.124 e. The summed E-state index contributed by atoms with van der Waals surface area (Å²) in [7, 11) is 0. The van der Waals surface area contributed by atoms with Gasteiger partial charge in [0.15, 0.2) is 0 Å². The second-order valence-corrected chi connectivity index (χ2v) is 5.87. The van der Waals surface area contributed by atoms with E-state index in [1.165, 1.54) is 19.3 Å². The second-order valence-electron chi connectivity index (χ2n) is 5.47. The maximum atomic E-state index is 6.31. The zero-order valence-corrected chi connectivity index (χ0v) is 12.5. The summed E-state index contributed by atoms with van der Waals surface area (Å²) in [6.45, 7) is 2.10. The SMILES string of the molecule is CCC(N)Cc1c(Cl)cccc1OC1CCCCC1. The van der Waals surface area contributed by atoms with E-state index in [0.29, 0.717) is 6.10 Å². The molecule has 0 heterocycles. The molecular formula is C16H24ClNO. The molecule has 3 heteroatoms. The monoisotopic (exact) mass is 281 g/mol. The number of halogens is 1. The number of nitrogens with two attached hydrogens (primary N) is 1. The highest BCUT2D eigenvalue weighted by atomic mass is 35.5. The minimum atomic E-state index is 0.147. The first-order chi connectivity index (χ1) is 9.20. The van der Waals surface area contributed by atoms with Gasteiger partial charge in [0.1, 0.15) is 5.75 Å². The largest absolute Gasteiger partial charge is 0.490 e. The van der Waals surface area contributed by atoms with E-state index in [9.17, 15) is 0 Å². The van der Waals surface area contributed by atoms with Gasteiger partial charge in [0, 0.05) is 16.6 Å². The molecule has 0 spiro atoms. The van der Waals surface area contributed by atoms with Crippen LogP contribution in [0.3, 0.4) is 0 Å². The Morgan fingerprint density at radius 3 is 2.74 bits per heavy atom. The van der Waals surface area contributed by atoms with E-state index in [-0.39, 0.29) is 6.04 Å². The van der Waals surface area contributed by atoms with Crippen molar-refractivity contribution in [2.75, 3.05) is 0 Å². The van der Waals surface area contributed by atoms with Gasteiger partial charge in [0.05, 0.1) is 6.10 Å². The molecule has 19 heavy (non-hydrogen) atoms. The van der Waals surface area contributed by atoms with Crippen LogP contribution in [0.25, 0.3) is 0 Å². The van der Waals surface area contributed by atoms with Crippen LogP contribution in [0.4, 0.5) is 0 Å². The molecule has 0 radical (unpaired) electrons. The summed E-state index contributed by atoms with van der Waals surface area (Å²) in [5.41, 5.74) is 7.13. The molecule has 1 aromatic rings. The molecule has 1 saturated carbocycles. The highest BCUT2D eigenvalue weighted by molar-refractivity contribution is 6.31. The van der Waals surface area contributed by atoms with Crippen LogP contribution in [0.1, 0.15) is 51.0 Å². The van der Waals surface area contributed by atoms with Gasteiger partial charge in [-0.1, -0.05) is 31.0 Å². The minimum Gasteiger partial charge on any atom is -0.490 e. The smallest absolute Gasteiger partial charge is 0.124 e. The van der Waals surface area contributed by atoms with Crippen molar-refractivity contribution in [3.8, 4) is 5.75 Å². The van der Waals surface area contributed by atoms with Crippen molar-refractivity contribution < 1.29 is 4.74 Å². The van der Waals surface area contributed by atoms with Gasteiger partial charge in [-0.05, 0) is 50.7 Å². The van der Waals surface area contributed by atoms with Gasteiger partial charge in [0.2, 0.25) is 0 Å². The lowest BCUT2D eigenvalue weighted by molar-refractivity contribution is 0.153. The first-order valence-corrected chi connectivity index (χ1v) is 7.78. The van der Waals surface area contributed by atoms with Crippen molar-refractivity contribution in [2.24, 2.45) is 5.73 Å². The number of benzene rings is 1. The van der Waals surface area contributed by atoms with Crippen molar-refractivity contribution in [1.82, 2.24) is 0 Å². The summed E-state index contributed by atoms with van der Waals surface area (Å²) in [4.78, 5) is 0. The van der Waals surface area contributed by atoms with Crippen LogP contribution < -0.4 is 10.5 Å². The van der Waals surface area contributed by atoms with Crippen LogP contribution in [-0.2, 0) is 6.42 Å². The molecule has 0 bridgehead atoms. The Hall–Kier alpha value is -0.730. The highest BCUT2D eigenvalue weighted by Gasteiger charge is 2.18. The van der Waals surface area contributed by atoms with E-state index < -0.39 is 0 Å². The average Bonchev–Trinajstić information content (AvgIpc) is 2.43. The molecule has 0 aromatic heterocycles. The molecule has 0 aliphatic heterocycles. The van der Waals surface area contributed by atoms with Gasteiger partial charge in [-0.25, -0.2) is 0 Å². The van der Waals surface area contributed by atoms with Crippen LogP contribution in [0.2, 0.25) is 5.02 Å². The van der Waals surface area contributed by atoms with Gasteiger partial charge < -0.3 is 10.5 Å². The molecule has 1 aliphatic rings. The minimum absolute atomic E-state index is 0.147. The highest BCUT2D eigenvalue weighted by Crippen LogP contribution is 2.31. The van der Waals surface area contributed by atoms with Gasteiger partial charge >= 0.3 is 0 Å². The Kier molecular flexibility index (Phi) is 5.53. The fraction of sp³-hybridized carbons (Fsp3) is 0.625. The van der Waals surface area contributed by atoms with Gasteiger partial charge in [-0.2, -0.15) is 0 Å². The van der Waals surface area contributed by atoms with Crippen LogP contribution in [-0.4, -0.2) is 12.1 Å². The molecule has 1 aliphatic carbocycles. The molecule has 2 rings (SSSR count). The molecule has 1 fully saturated rings. The lowest BCUT2D eigenvalue weighted by atomic mass is 9.97. The normalized spacial score (nSPS) is 18.3. The molecule has 1 aromatic carbocycles. The van der Waals surface area contributed by atoms with E-state index in [2.05, 4.69) is 6.92 Å². The lowest BCUT2D eigenvalue weighted by Gasteiger charge is -2.25. The van der Waals surface area contributed by atoms with Gasteiger partial charge in [0.25, 0.3) is 0 Å². The van der Waals surface area contributed by atoms with Gasteiger partial charge in [-0.3, -0.25) is 0 Å². The quantitative estimate of drug-likeness (QED) is 0.872. The zero-order valence-electron chi connectivity index (χ0n) is 11.7. The number of hydrogen-bond acceptors (Lipinski definition) is 2. The topological polar surface area (TPSA) is 35.2 Å². The van der Waals surface area contributed by atoms with E-state index in [1.54, 1.807) is 0 Å². The summed E-state index contributed by atoms with van der Waals surface area (Å²) >= 11 is 6.31. The summed E-state index contributed by atoms with van der Waals surface area (Å²) in [6.07, 6.45) is 8.29. The van der Waals surface area contributed by atoms with Crippen molar-refractivity contribution in [2.45, 2.75) is 64.0 Å². The third-order valence-electron chi connectivity index (χ3n) is 3.91. The predicted octanol–water partition coefficient (Wildman–Crippen LogP) is 4.33. The Labute approximate surface area is 121 Å². The molecular weight excluding hydrogens is 258 g/mol. The van der Waals surface area contributed by atoms with E-state index in [1.807, 2.05) is 18.2 Å². The van der Waals surface area contributed by atoms with Crippen molar-refractivity contribution >= 4 is 11.6 Å². The Morgan fingerprint density at radius 2 is 2.05 bits per heavy atom. The van der Waals surface area contributed by atoms with Gasteiger partial charge in [-0.15, -0.1) is 0 Å². The summed E-state index contributed by atoms with van der Waals surface area (Å²) in [5.74, 6) is 0.934. The summed E-state index contributed by atoms with van der Waals surface area (Å²) in [5, 5.41) is 0.775. The average molecular weight is 282 g/mol. The number of ether oxygens (including phenoxy) is 1. The first kappa shape index (κ1) is 14.7. The second kappa shape index (κ2) is 7.16. The Bertz CT molecular complexity index is 402. The fourth-order valence-corrected chi connectivity index (χ4v) is 2.86. The predicted molar refractivity (Wildman–Crippen MR) is 80.9 cm³/mol. The molecule has 2 nitrogen and oxygen atoms in total. The van der Waals surface area contributed by atoms with E-state index in [4.69, 9.17) is 22.1 Å². The fourth-order valence-electron chi connectivity index (χ4n) is 2.62. The third-order valence-corrected chi connectivity index (χ3v) is 4.27. The molecule has 0 amide bonds. The number of rotatable bonds is 5. The Morgan fingerprint density at radius 1 is 1.32 bits per heavy atom. The number of hydrogen-bond donors (Lipinski definition) is 1. The molecule has 1 atom stereocenters. The molecule has 106 valence electrons. The van der Waals surface area contributed by atoms with Crippen molar-refractivity contribution in [3.05, 3.63) is 28.8 Å². The van der Waals surface area contributed by atoms with Crippen LogP contribution in [0, 0.1) is 0 Å². The first-order valence-electron chi connectivity index (χ1n) is 7.40. The van der Waals surface area contributed by atoms with Crippen molar-refractivity contribution in [1.29, 1.82) is 0 Å². The standard InChI is InChI=1S/C16H24ClNO/c1-2-12(18)11-14-15(17)9-6-10-16(14)19-13-7-4-3-5-8-13/h6,9-10,12-13H,2-5,7-8,11,18H2,1H3. The van der Waals surface area contributed by atoms with Crippen LogP contribution in [0.5, 0.6) is 5.75 Å². The van der Waals surface area contributed by atoms with Crippen molar-refractivity contribution in [3.63, 3.8) is 0 Å². The molecule has 1 unspecified atom stereocenters. The van der Waals surface area contributed by atoms with Crippen LogP contribution >= 0.6 is 11.6 Å². The third kappa shape index (κ3) is 4.12. The van der Waals surface area contributed by atoms with E-state index >= 15 is 0 Å². The maximum absolute atomic E-state index is 6.31. The summed E-state index contributed by atoms with van der Waals surface area (Å²) < 4.78 is 6.17.